The van der Waals surface area contributed by atoms with Crippen molar-refractivity contribution >= 4 is 5.78 Å². The van der Waals surface area contributed by atoms with E-state index in [-0.39, 0.29) is 11.7 Å². The Kier molecular flexibility index (Phi) is 10.6. The number of carbonyl (C=O) groups excluding carboxylic acids is 1. The number of rotatable bonds is 6. The SMILES string of the molecule is N#CCCC1CCCCCCCCCC(CCC#N)(CCC#N)C1=O. The smallest absolute Gasteiger partial charge is 0.142 e. The van der Waals surface area contributed by atoms with Gasteiger partial charge in [0, 0.05) is 30.6 Å². The minimum atomic E-state index is -0.537. The van der Waals surface area contributed by atoms with Crippen LogP contribution >= 0.6 is 0 Å². The van der Waals surface area contributed by atoms with E-state index in [0.717, 1.165) is 38.5 Å². The molecule has 4 nitrogen and oxygen atoms in total. The molecule has 0 amide bonds. The van der Waals surface area contributed by atoms with Gasteiger partial charge in [0.2, 0.25) is 0 Å². The van der Waals surface area contributed by atoms with Crippen LogP contribution in [0.25, 0.3) is 0 Å². The minimum Gasteiger partial charge on any atom is -0.299 e. The summed E-state index contributed by atoms with van der Waals surface area (Å²) in [7, 11) is 0. The summed E-state index contributed by atoms with van der Waals surface area (Å²) in [6.45, 7) is 0. The molecule has 1 atom stereocenters. The van der Waals surface area contributed by atoms with Crippen molar-refractivity contribution in [2.24, 2.45) is 11.3 Å². The molecule has 0 spiro atoms. The summed E-state index contributed by atoms with van der Waals surface area (Å²) in [5, 5.41) is 27.1. The van der Waals surface area contributed by atoms with Crippen LogP contribution < -0.4 is 0 Å². The summed E-state index contributed by atoms with van der Waals surface area (Å²) in [4.78, 5) is 13.5. The first-order chi connectivity index (χ1) is 12.2. The fraction of sp³-hybridized carbons (Fsp3) is 0.810. The van der Waals surface area contributed by atoms with Gasteiger partial charge in [-0.1, -0.05) is 44.9 Å². The number of hydrogen-bond donors (Lipinski definition) is 0. The maximum Gasteiger partial charge on any atom is 0.142 e. The van der Waals surface area contributed by atoms with Crippen LogP contribution in [0.4, 0.5) is 0 Å². The molecular weight excluding hydrogens is 310 g/mol. The van der Waals surface area contributed by atoms with Gasteiger partial charge in [0.25, 0.3) is 0 Å². The van der Waals surface area contributed by atoms with Crippen LogP contribution in [-0.2, 0) is 4.79 Å². The first kappa shape index (κ1) is 21.2. The van der Waals surface area contributed by atoms with Gasteiger partial charge in [0.15, 0.2) is 0 Å². The van der Waals surface area contributed by atoms with Crippen LogP contribution in [0.2, 0.25) is 0 Å². The Morgan fingerprint density at radius 2 is 1.32 bits per heavy atom. The van der Waals surface area contributed by atoms with Crippen molar-refractivity contribution in [3.63, 3.8) is 0 Å². The predicted molar refractivity (Wildman–Crippen MR) is 97.0 cm³/mol. The van der Waals surface area contributed by atoms with Gasteiger partial charge in [-0.05, 0) is 32.1 Å². The predicted octanol–water partition coefficient (Wildman–Crippen LogP) is 5.59. The monoisotopic (exact) mass is 341 g/mol. The minimum absolute atomic E-state index is 0.0866. The van der Waals surface area contributed by atoms with E-state index in [1.807, 2.05) is 0 Å². The lowest BCUT2D eigenvalue weighted by Gasteiger charge is -2.35. The molecule has 0 N–H and O–H groups in total. The molecule has 1 saturated carbocycles. The van der Waals surface area contributed by atoms with E-state index in [1.165, 1.54) is 19.3 Å². The highest BCUT2D eigenvalue weighted by molar-refractivity contribution is 5.87. The Hall–Kier alpha value is -1.86. The molecule has 0 aromatic heterocycles. The van der Waals surface area contributed by atoms with Crippen molar-refractivity contribution in [1.82, 2.24) is 0 Å². The average molecular weight is 341 g/mol. The molecule has 0 bridgehead atoms. The van der Waals surface area contributed by atoms with Gasteiger partial charge in [-0.25, -0.2) is 0 Å². The van der Waals surface area contributed by atoms with Crippen molar-refractivity contribution in [3.05, 3.63) is 0 Å². The maximum absolute atomic E-state index is 13.5. The van der Waals surface area contributed by atoms with Gasteiger partial charge in [0.05, 0.1) is 18.2 Å². The van der Waals surface area contributed by atoms with E-state index in [0.29, 0.717) is 38.5 Å². The van der Waals surface area contributed by atoms with E-state index in [1.54, 1.807) is 0 Å². The van der Waals surface area contributed by atoms with Gasteiger partial charge >= 0.3 is 0 Å². The molecule has 1 unspecified atom stereocenters. The number of nitriles is 3. The highest BCUT2D eigenvalue weighted by Crippen LogP contribution is 2.41. The molecule has 1 fully saturated rings. The van der Waals surface area contributed by atoms with E-state index >= 15 is 0 Å². The van der Waals surface area contributed by atoms with Crippen LogP contribution in [0, 0.1) is 45.3 Å². The molecule has 0 radical (unpaired) electrons. The summed E-state index contributed by atoms with van der Waals surface area (Å²) in [6.07, 6.45) is 12.5. The zero-order chi connectivity index (χ0) is 18.4. The highest BCUT2D eigenvalue weighted by Gasteiger charge is 2.40. The lowest BCUT2D eigenvalue weighted by Crippen LogP contribution is -2.36. The Morgan fingerprint density at radius 3 is 1.88 bits per heavy atom. The largest absolute Gasteiger partial charge is 0.299 e. The van der Waals surface area contributed by atoms with Crippen molar-refractivity contribution in [1.29, 1.82) is 15.8 Å². The fourth-order valence-corrected chi connectivity index (χ4v) is 4.15. The molecule has 1 rings (SSSR count). The molecule has 136 valence electrons. The molecular formula is C21H31N3O. The second-order valence-corrected chi connectivity index (χ2v) is 7.37. The molecule has 4 heteroatoms. The van der Waals surface area contributed by atoms with Crippen molar-refractivity contribution in [3.8, 4) is 18.2 Å². The van der Waals surface area contributed by atoms with Gasteiger partial charge in [-0.2, -0.15) is 15.8 Å². The Morgan fingerprint density at radius 1 is 0.800 bits per heavy atom. The Balaban J connectivity index is 3.05. The van der Waals surface area contributed by atoms with Gasteiger partial charge in [-0.15, -0.1) is 0 Å². The first-order valence-corrected chi connectivity index (χ1v) is 9.85. The van der Waals surface area contributed by atoms with Crippen molar-refractivity contribution < 1.29 is 4.79 Å². The molecule has 0 saturated heterocycles. The molecule has 25 heavy (non-hydrogen) atoms. The average Bonchev–Trinajstić information content (AvgIpc) is 2.63. The van der Waals surface area contributed by atoms with E-state index in [9.17, 15) is 4.79 Å². The van der Waals surface area contributed by atoms with Crippen molar-refractivity contribution in [2.45, 2.75) is 96.3 Å². The van der Waals surface area contributed by atoms with Gasteiger partial charge in [-0.3, -0.25) is 4.79 Å². The van der Waals surface area contributed by atoms with E-state index < -0.39 is 5.41 Å². The van der Waals surface area contributed by atoms with Crippen LogP contribution in [0.1, 0.15) is 96.3 Å². The summed E-state index contributed by atoms with van der Waals surface area (Å²) in [5.74, 6) is 0.144. The second-order valence-electron chi connectivity index (χ2n) is 7.37. The molecule has 0 aliphatic heterocycles. The summed E-state index contributed by atoms with van der Waals surface area (Å²) >= 11 is 0. The summed E-state index contributed by atoms with van der Waals surface area (Å²) in [5.41, 5.74) is -0.537. The van der Waals surface area contributed by atoms with Gasteiger partial charge < -0.3 is 0 Å². The molecule has 0 heterocycles. The maximum atomic E-state index is 13.5. The van der Waals surface area contributed by atoms with Gasteiger partial charge in [0.1, 0.15) is 5.78 Å². The quantitative estimate of drug-likeness (QED) is 0.629. The van der Waals surface area contributed by atoms with Crippen LogP contribution in [0.5, 0.6) is 0 Å². The fourth-order valence-electron chi connectivity index (χ4n) is 4.15. The number of hydrogen-bond acceptors (Lipinski definition) is 4. The second kappa shape index (κ2) is 12.5. The number of ketones is 1. The lowest BCUT2D eigenvalue weighted by molar-refractivity contribution is -0.135. The molecule has 0 aromatic rings. The van der Waals surface area contributed by atoms with E-state index in [2.05, 4.69) is 18.2 Å². The summed E-state index contributed by atoms with van der Waals surface area (Å²) in [6, 6.07) is 6.57. The van der Waals surface area contributed by atoms with Crippen LogP contribution in [0.3, 0.4) is 0 Å². The molecule has 1 aliphatic carbocycles. The Bertz CT molecular complexity index is 503. The first-order valence-electron chi connectivity index (χ1n) is 9.85. The topological polar surface area (TPSA) is 88.4 Å². The number of carbonyl (C=O) groups is 1. The zero-order valence-electron chi connectivity index (χ0n) is 15.4. The van der Waals surface area contributed by atoms with E-state index in [4.69, 9.17) is 15.8 Å². The zero-order valence-corrected chi connectivity index (χ0v) is 15.4. The third-order valence-corrected chi connectivity index (χ3v) is 5.64. The van der Waals surface area contributed by atoms with Crippen LogP contribution in [-0.4, -0.2) is 5.78 Å². The standard InChI is InChI=1S/C21H31N3O/c22-16-8-12-19-11-6-4-2-1-3-5-7-13-21(20(19)25,14-9-17-23)15-10-18-24/h19H,1-15H2. The normalized spacial score (nSPS) is 21.8. The highest BCUT2D eigenvalue weighted by atomic mass is 16.1. The number of Topliss-reactive ketones (excluding diaryl/α,β-unsaturated/α-hetero) is 1. The van der Waals surface area contributed by atoms with Crippen LogP contribution in [0.15, 0.2) is 0 Å². The van der Waals surface area contributed by atoms with Crippen molar-refractivity contribution in [2.75, 3.05) is 0 Å². The Labute approximate surface area is 152 Å². The molecule has 0 aromatic carbocycles. The number of nitrogens with zero attached hydrogens (tertiary/aromatic N) is 3. The lowest BCUT2D eigenvalue weighted by atomic mass is 9.67. The third kappa shape index (κ3) is 7.27. The summed E-state index contributed by atoms with van der Waals surface area (Å²) < 4.78 is 0. The third-order valence-electron chi connectivity index (χ3n) is 5.64. The molecule has 1 aliphatic rings.